The van der Waals surface area contributed by atoms with Crippen LogP contribution in [0, 0.1) is 5.92 Å². The predicted octanol–water partition coefficient (Wildman–Crippen LogP) is 1.52. The van der Waals surface area contributed by atoms with Crippen LogP contribution in [0.2, 0.25) is 0 Å². The summed E-state index contributed by atoms with van der Waals surface area (Å²) in [4.78, 5) is 30.7. The standard InChI is InChI=1S/C16H22N6O2/c1-3-10-5-4-9(2)22(8-10)16(24)15(23)20-12-7-18-14(17)11-6-19-21-13(11)12/h6-7,9-10H,3-5,8H2,1-2H3,(H2,17,18)(H,19,21)(H,20,23)/t9-,10-/m1/s1. The van der Waals surface area contributed by atoms with Gasteiger partial charge in [-0.1, -0.05) is 13.3 Å². The van der Waals surface area contributed by atoms with Crippen molar-refractivity contribution in [3.8, 4) is 0 Å². The molecule has 8 heteroatoms. The highest BCUT2D eigenvalue weighted by Gasteiger charge is 2.32. The number of aromatic amines is 1. The number of rotatable bonds is 2. The SMILES string of the molecule is CC[C@@H]1CC[C@@H](C)N(C(=O)C(=O)Nc2cnc(N)c3cn[nH]c23)C1. The molecule has 3 heterocycles. The van der Waals surface area contributed by atoms with Crippen molar-refractivity contribution >= 4 is 34.2 Å². The van der Waals surface area contributed by atoms with E-state index in [9.17, 15) is 9.59 Å². The highest BCUT2D eigenvalue weighted by Crippen LogP contribution is 2.26. The number of fused-ring (bicyclic) bond motifs is 1. The molecule has 0 spiro atoms. The number of amides is 2. The fourth-order valence-electron chi connectivity index (χ4n) is 3.15. The molecule has 1 aliphatic rings. The van der Waals surface area contributed by atoms with Gasteiger partial charge in [0.25, 0.3) is 0 Å². The maximum absolute atomic E-state index is 12.6. The van der Waals surface area contributed by atoms with E-state index in [1.807, 2.05) is 6.92 Å². The molecule has 1 aliphatic heterocycles. The molecule has 1 fully saturated rings. The molecule has 1 saturated heterocycles. The minimum absolute atomic E-state index is 0.0720. The van der Waals surface area contributed by atoms with E-state index in [0.717, 1.165) is 19.3 Å². The predicted molar refractivity (Wildman–Crippen MR) is 91.1 cm³/mol. The summed E-state index contributed by atoms with van der Waals surface area (Å²) in [5.74, 6) is -0.403. The fraction of sp³-hybridized carbons (Fsp3) is 0.500. The third-order valence-corrected chi connectivity index (χ3v) is 4.78. The summed E-state index contributed by atoms with van der Waals surface area (Å²) in [5, 5.41) is 9.91. The number of nitrogens with two attached hydrogens (primary N) is 1. The third-order valence-electron chi connectivity index (χ3n) is 4.78. The molecule has 2 amide bonds. The lowest BCUT2D eigenvalue weighted by Gasteiger charge is -2.37. The maximum Gasteiger partial charge on any atom is 0.314 e. The Morgan fingerprint density at radius 3 is 2.96 bits per heavy atom. The van der Waals surface area contributed by atoms with Crippen LogP contribution in [0.3, 0.4) is 0 Å². The van der Waals surface area contributed by atoms with E-state index < -0.39 is 11.8 Å². The van der Waals surface area contributed by atoms with Gasteiger partial charge in [-0.3, -0.25) is 14.7 Å². The Kier molecular flexibility index (Phi) is 4.37. The average molecular weight is 330 g/mol. The van der Waals surface area contributed by atoms with Gasteiger partial charge >= 0.3 is 11.8 Å². The van der Waals surface area contributed by atoms with Gasteiger partial charge in [0.15, 0.2) is 0 Å². The minimum Gasteiger partial charge on any atom is -0.383 e. The Balaban J connectivity index is 1.77. The number of piperidine rings is 1. The number of nitrogens with one attached hydrogen (secondary N) is 2. The van der Waals surface area contributed by atoms with Crippen LogP contribution in [0.4, 0.5) is 11.5 Å². The Hall–Kier alpha value is -2.64. The first kappa shape index (κ1) is 16.2. The first-order chi connectivity index (χ1) is 11.5. The van der Waals surface area contributed by atoms with Crippen molar-refractivity contribution in [1.82, 2.24) is 20.1 Å². The third kappa shape index (κ3) is 2.91. The molecule has 0 unspecified atom stereocenters. The Morgan fingerprint density at radius 1 is 1.42 bits per heavy atom. The highest BCUT2D eigenvalue weighted by atomic mass is 16.2. The summed E-state index contributed by atoms with van der Waals surface area (Å²) in [6.45, 7) is 4.72. The van der Waals surface area contributed by atoms with Gasteiger partial charge in [0.05, 0.1) is 29.0 Å². The van der Waals surface area contributed by atoms with E-state index in [1.54, 1.807) is 4.90 Å². The summed E-state index contributed by atoms with van der Waals surface area (Å²) < 4.78 is 0. The second-order valence-electron chi connectivity index (χ2n) is 6.33. The lowest BCUT2D eigenvalue weighted by atomic mass is 9.91. The number of likely N-dealkylation sites (tertiary alicyclic amines) is 1. The Labute approximate surface area is 139 Å². The highest BCUT2D eigenvalue weighted by molar-refractivity contribution is 6.40. The summed E-state index contributed by atoms with van der Waals surface area (Å²) in [6.07, 6.45) is 5.99. The lowest BCUT2D eigenvalue weighted by molar-refractivity contribution is -0.146. The van der Waals surface area contributed by atoms with Crippen LogP contribution >= 0.6 is 0 Å². The van der Waals surface area contributed by atoms with Crippen molar-refractivity contribution in [2.45, 2.75) is 39.2 Å². The van der Waals surface area contributed by atoms with Crippen LogP contribution in [0.5, 0.6) is 0 Å². The molecule has 128 valence electrons. The van der Waals surface area contributed by atoms with E-state index in [-0.39, 0.29) is 6.04 Å². The number of aromatic nitrogens is 3. The average Bonchev–Trinajstić information content (AvgIpc) is 3.08. The van der Waals surface area contributed by atoms with Gasteiger partial charge in [-0.2, -0.15) is 5.10 Å². The van der Waals surface area contributed by atoms with Crippen LogP contribution in [0.15, 0.2) is 12.4 Å². The largest absolute Gasteiger partial charge is 0.383 e. The van der Waals surface area contributed by atoms with E-state index in [1.165, 1.54) is 12.4 Å². The topological polar surface area (TPSA) is 117 Å². The Morgan fingerprint density at radius 2 is 2.21 bits per heavy atom. The van der Waals surface area contributed by atoms with Crippen molar-refractivity contribution < 1.29 is 9.59 Å². The zero-order valence-electron chi connectivity index (χ0n) is 13.9. The van der Waals surface area contributed by atoms with Gasteiger partial charge in [0.1, 0.15) is 5.82 Å². The van der Waals surface area contributed by atoms with Crippen molar-refractivity contribution in [2.75, 3.05) is 17.6 Å². The number of pyridine rings is 1. The molecule has 0 aromatic carbocycles. The summed E-state index contributed by atoms with van der Waals surface area (Å²) in [6, 6.07) is 0.0720. The quantitative estimate of drug-likeness (QED) is 0.722. The first-order valence-corrected chi connectivity index (χ1v) is 8.20. The van der Waals surface area contributed by atoms with Gasteiger partial charge in [-0.05, 0) is 25.7 Å². The van der Waals surface area contributed by atoms with E-state index in [2.05, 4.69) is 27.4 Å². The zero-order valence-corrected chi connectivity index (χ0v) is 13.9. The number of carbonyl (C=O) groups excluding carboxylic acids is 2. The van der Waals surface area contributed by atoms with Gasteiger partial charge in [0.2, 0.25) is 0 Å². The van der Waals surface area contributed by atoms with Gasteiger partial charge in [0, 0.05) is 12.6 Å². The van der Waals surface area contributed by atoms with Crippen LogP contribution in [0.25, 0.3) is 10.9 Å². The second kappa shape index (κ2) is 6.46. The summed E-state index contributed by atoms with van der Waals surface area (Å²) >= 11 is 0. The van der Waals surface area contributed by atoms with Crippen LogP contribution < -0.4 is 11.1 Å². The smallest absolute Gasteiger partial charge is 0.314 e. The summed E-state index contributed by atoms with van der Waals surface area (Å²) in [7, 11) is 0. The molecule has 0 radical (unpaired) electrons. The first-order valence-electron chi connectivity index (χ1n) is 8.20. The molecule has 2 aromatic heterocycles. The molecule has 8 nitrogen and oxygen atoms in total. The Bertz CT molecular complexity index is 771. The molecule has 0 bridgehead atoms. The van der Waals surface area contributed by atoms with Crippen LogP contribution in [0.1, 0.15) is 33.1 Å². The number of H-pyrrole nitrogens is 1. The summed E-state index contributed by atoms with van der Waals surface area (Å²) in [5.41, 5.74) is 6.72. The molecular weight excluding hydrogens is 308 g/mol. The monoisotopic (exact) mass is 330 g/mol. The van der Waals surface area contributed by atoms with Gasteiger partial charge in [-0.25, -0.2) is 4.98 Å². The van der Waals surface area contributed by atoms with E-state index in [4.69, 9.17) is 5.73 Å². The molecule has 0 aliphatic carbocycles. The molecule has 2 aromatic rings. The number of anilines is 2. The fourth-order valence-corrected chi connectivity index (χ4v) is 3.15. The van der Waals surface area contributed by atoms with Gasteiger partial charge < -0.3 is 16.0 Å². The molecule has 24 heavy (non-hydrogen) atoms. The maximum atomic E-state index is 12.6. The normalized spacial score (nSPS) is 21.0. The second-order valence-corrected chi connectivity index (χ2v) is 6.33. The van der Waals surface area contributed by atoms with E-state index >= 15 is 0 Å². The van der Waals surface area contributed by atoms with E-state index in [0.29, 0.717) is 34.9 Å². The van der Waals surface area contributed by atoms with Crippen molar-refractivity contribution in [3.05, 3.63) is 12.4 Å². The molecule has 2 atom stereocenters. The number of hydrogen-bond acceptors (Lipinski definition) is 5. The number of nitrogen functional groups attached to an aromatic ring is 1. The van der Waals surface area contributed by atoms with Crippen LogP contribution in [-0.4, -0.2) is 44.5 Å². The molecule has 0 saturated carbocycles. The number of nitrogens with zero attached hydrogens (tertiary/aromatic N) is 3. The van der Waals surface area contributed by atoms with Gasteiger partial charge in [-0.15, -0.1) is 0 Å². The van der Waals surface area contributed by atoms with Crippen molar-refractivity contribution in [2.24, 2.45) is 5.92 Å². The van der Waals surface area contributed by atoms with Crippen LogP contribution in [-0.2, 0) is 9.59 Å². The lowest BCUT2D eigenvalue weighted by Crippen LogP contribution is -2.49. The zero-order chi connectivity index (χ0) is 17.3. The number of carbonyl (C=O) groups is 2. The van der Waals surface area contributed by atoms with Crippen molar-refractivity contribution in [1.29, 1.82) is 0 Å². The molecule has 4 N–H and O–H groups in total. The molecular formula is C16H22N6O2. The molecule has 3 rings (SSSR count). The van der Waals surface area contributed by atoms with Crippen molar-refractivity contribution in [3.63, 3.8) is 0 Å². The minimum atomic E-state index is -0.666. The number of hydrogen-bond donors (Lipinski definition) is 3.